The van der Waals surface area contributed by atoms with E-state index >= 15 is 0 Å². The van der Waals surface area contributed by atoms with Gasteiger partial charge in [0.1, 0.15) is 5.65 Å². The number of carbonyl (C=O) groups is 1. The molecule has 0 radical (unpaired) electrons. The Morgan fingerprint density at radius 1 is 1.50 bits per heavy atom. The number of aryl methyl sites for hydroxylation is 1. The lowest BCUT2D eigenvalue weighted by molar-refractivity contribution is -0.137. The number of pyridine rings is 1. The van der Waals surface area contributed by atoms with Gasteiger partial charge < -0.3 is 9.51 Å². The number of carboxylic acids is 1. The minimum atomic E-state index is -0.771. The molecule has 0 spiro atoms. The number of carboxylic acid groups (broad SMARTS) is 1. The first-order valence-electron chi connectivity index (χ1n) is 5.90. The topological polar surface area (TPSA) is 57.8 Å². The molecule has 0 bridgehead atoms. The van der Waals surface area contributed by atoms with E-state index in [0.717, 1.165) is 17.0 Å². The van der Waals surface area contributed by atoms with Crippen LogP contribution < -0.4 is 0 Å². The molecule has 2 aromatic heterocycles. The van der Waals surface area contributed by atoms with Gasteiger partial charge in [-0.25, -0.2) is 4.98 Å². The average molecular weight is 247 g/mol. The van der Waals surface area contributed by atoms with Crippen molar-refractivity contribution >= 4 is 11.6 Å². The number of fused-ring (bicyclic) bond motifs is 1. The molecule has 0 atom stereocenters. The van der Waals surface area contributed by atoms with Crippen LogP contribution in [-0.2, 0) is 11.3 Å². The minimum Gasteiger partial charge on any atom is -0.481 e. The van der Waals surface area contributed by atoms with Gasteiger partial charge in [0.25, 0.3) is 0 Å². The van der Waals surface area contributed by atoms with Crippen LogP contribution in [0.15, 0.2) is 24.4 Å². The third-order valence-corrected chi connectivity index (χ3v) is 2.89. The van der Waals surface area contributed by atoms with E-state index in [1.807, 2.05) is 47.7 Å². The van der Waals surface area contributed by atoms with Crippen molar-refractivity contribution in [3.8, 4) is 0 Å². The first kappa shape index (κ1) is 12.6. The molecule has 0 saturated carbocycles. The Hall–Kier alpha value is -1.88. The maximum absolute atomic E-state index is 10.5. The Labute approximate surface area is 106 Å². The van der Waals surface area contributed by atoms with Gasteiger partial charge in [-0.3, -0.25) is 9.69 Å². The molecule has 0 aliphatic rings. The minimum absolute atomic E-state index is 0.156. The van der Waals surface area contributed by atoms with Crippen molar-refractivity contribution in [1.29, 1.82) is 0 Å². The molecule has 96 valence electrons. The zero-order chi connectivity index (χ0) is 13.1. The zero-order valence-electron chi connectivity index (χ0n) is 10.6. The largest absolute Gasteiger partial charge is 0.481 e. The maximum Gasteiger partial charge on any atom is 0.304 e. The molecule has 0 aromatic carbocycles. The fourth-order valence-corrected chi connectivity index (χ4v) is 1.92. The highest BCUT2D eigenvalue weighted by molar-refractivity contribution is 5.66. The van der Waals surface area contributed by atoms with Crippen molar-refractivity contribution in [2.75, 3.05) is 13.6 Å². The van der Waals surface area contributed by atoms with Gasteiger partial charge in [-0.2, -0.15) is 0 Å². The molecular formula is C13H17N3O2. The van der Waals surface area contributed by atoms with E-state index in [9.17, 15) is 4.79 Å². The molecule has 0 fully saturated rings. The van der Waals surface area contributed by atoms with Crippen molar-refractivity contribution in [2.24, 2.45) is 0 Å². The summed E-state index contributed by atoms with van der Waals surface area (Å²) in [6.07, 6.45) is 2.16. The summed E-state index contributed by atoms with van der Waals surface area (Å²) in [6.45, 7) is 3.23. The number of aromatic nitrogens is 2. The summed E-state index contributed by atoms with van der Waals surface area (Å²) >= 11 is 0. The van der Waals surface area contributed by atoms with Crippen molar-refractivity contribution < 1.29 is 9.90 Å². The SMILES string of the molecule is Cc1cccc2nc(CN(C)CCC(=O)O)cn12. The molecule has 5 heteroatoms. The second-order valence-electron chi connectivity index (χ2n) is 4.51. The third-order valence-electron chi connectivity index (χ3n) is 2.89. The Balaban J connectivity index is 2.08. The number of aliphatic carboxylic acids is 1. The van der Waals surface area contributed by atoms with Crippen LogP contribution in [0.4, 0.5) is 0 Å². The summed E-state index contributed by atoms with van der Waals surface area (Å²) in [5, 5.41) is 8.63. The summed E-state index contributed by atoms with van der Waals surface area (Å²) in [5.74, 6) is -0.771. The number of rotatable bonds is 5. The zero-order valence-corrected chi connectivity index (χ0v) is 10.6. The number of hydrogen-bond acceptors (Lipinski definition) is 3. The van der Waals surface area contributed by atoms with E-state index in [1.165, 1.54) is 0 Å². The smallest absolute Gasteiger partial charge is 0.304 e. The molecule has 5 nitrogen and oxygen atoms in total. The van der Waals surface area contributed by atoms with E-state index in [2.05, 4.69) is 4.98 Å². The van der Waals surface area contributed by atoms with E-state index in [0.29, 0.717) is 13.1 Å². The first-order chi connectivity index (χ1) is 8.56. The second-order valence-corrected chi connectivity index (χ2v) is 4.51. The lowest BCUT2D eigenvalue weighted by Crippen LogP contribution is -2.21. The molecule has 0 amide bonds. The molecule has 2 aromatic rings. The van der Waals surface area contributed by atoms with Gasteiger partial charge in [-0.1, -0.05) is 6.07 Å². The molecule has 2 heterocycles. The predicted octanol–water partition coefficient (Wildman–Crippen LogP) is 1.55. The van der Waals surface area contributed by atoms with Gasteiger partial charge in [0.2, 0.25) is 0 Å². The monoisotopic (exact) mass is 247 g/mol. The molecular weight excluding hydrogens is 230 g/mol. The Morgan fingerprint density at radius 3 is 2.94 bits per heavy atom. The highest BCUT2D eigenvalue weighted by atomic mass is 16.4. The van der Waals surface area contributed by atoms with E-state index < -0.39 is 5.97 Å². The van der Waals surface area contributed by atoms with Gasteiger partial charge in [-0.15, -0.1) is 0 Å². The standard InChI is InChI=1S/C13H17N3O2/c1-10-4-3-5-12-14-11(9-16(10)12)8-15(2)7-6-13(17)18/h3-5,9H,6-8H2,1-2H3,(H,17,18). The fraction of sp³-hybridized carbons (Fsp3) is 0.385. The van der Waals surface area contributed by atoms with Crippen LogP contribution in [0.5, 0.6) is 0 Å². The van der Waals surface area contributed by atoms with Crippen LogP contribution >= 0.6 is 0 Å². The van der Waals surface area contributed by atoms with Crippen molar-refractivity contribution in [1.82, 2.24) is 14.3 Å². The number of imidazole rings is 1. The molecule has 2 rings (SSSR count). The van der Waals surface area contributed by atoms with Gasteiger partial charge in [0.05, 0.1) is 12.1 Å². The van der Waals surface area contributed by atoms with Gasteiger partial charge in [0, 0.05) is 25.0 Å². The highest BCUT2D eigenvalue weighted by Crippen LogP contribution is 2.09. The van der Waals surface area contributed by atoms with E-state index in [4.69, 9.17) is 5.11 Å². The Bertz CT molecular complexity index is 562. The van der Waals surface area contributed by atoms with Crippen molar-refractivity contribution in [3.05, 3.63) is 35.8 Å². The molecule has 0 aliphatic heterocycles. The lowest BCUT2D eigenvalue weighted by atomic mass is 10.3. The van der Waals surface area contributed by atoms with Gasteiger partial charge >= 0.3 is 5.97 Å². The Morgan fingerprint density at radius 2 is 2.28 bits per heavy atom. The highest BCUT2D eigenvalue weighted by Gasteiger charge is 2.07. The lowest BCUT2D eigenvalue weighted by Gasteiger charge is -2.12. The molecule has 0 unspecified atom stereocenters. The molecule has 0 aliphatic carbocycles. The number of nitrogens with zero attached hydrogens (tertiary/aromatic N) is 3. The quantitative estimate of drug-likeness (QED) is 0.871. The van der Waals surface area contributed by atoms with Crippen molar-refractivity contribution in [3.63, 3.8) is 0 Å². The van der Waals surface area contributed by atoms with Crippen LogP contribution in [0.2, 0.25) is 0 Å². The third kappa shape index (κ3) is 2.87. The summed E-state index contributed by atoms with van der Waals surface area (Å²) < 4.78 is 2.04. The molecule has 18 heavy (non-hydrogen) atoms. The average Bonchev–Trinajstić information content (AvgIpc) is 2.70. The summed E-state index contributed by atoms with van der Waals surface area (Å²) in [7, 11) is 1.90. The van der Waals surface area contributed by atoms with Crippen molar-refractivity contribution in [2.45, 2.75) is 19.9 Å². The van der Waals surface area contributed by atoms with Crippen LogP contribution in [0.1, 0.15) is 17.8 Å². The summed E-state index contributed by atoms with van der Waals surface area (Å²) in [5.41, 5.74) is 3.02. The van der Waals surface area contributed by atoms with E-state index in [1.54, 1.807) is 0 Å². The molecule has 0 saturated heterocycles. The fourth-order valence-electron chi connectivity index (χ4n) is 1.92. The second kappa shape index (κ2) is 5.18. The first-order valence-corrected chi connectivity index (χ1v) is 5.90. The van der Waals surface area contributed by atoms with Crippen LogP contribution in [0, 0.1) is 6.92 Å². The molecule has 1 N–H and O–H groups in total. The normalized spacial score (nSPS) is 11.3. The van der Waals surface area contributed by atoms with Crippen LogP contribution in [-0.4, -0.2) is 39.0 Å². The summed E-state index contributed by atoms with van der Waals surface area (Å²) in [4.78, 5) is 17.0. The van der Waals surface area contributed by atoms with E-state index in [-0.39, 0.29) is 6.42 Å². The van der Waals surface area contributed by atoms with Crippen LogP contribution in [0.25, 0.3) is 5.65 Å². The predicted molar refractivity (Wildman–Crippen MR) is 68.5 cm³/mol. The van der Waals surface area contributed by atoms with Gasteiger partial charge in [0.15, 0.2) is 0 Å². The number of hydrogen-bond donors (Lipinski definition) is 1. The van der Waals surface area contributed by atoms with Gasteiger partial charge in [-0.05, 0) is 26.1 Å². The maximum atomic E-state index is 10.5. The summed E-state index contributed by atoms with van der Waals surface area (Å²) in [6, 6.07) is 5.98. The Kier molecular flexibility index (Phi) is 3.62. The van der Waals surface area contributed by atoms with Crippen LogP contribution in [0.3, 0.4) is 0 Å².